The van der Waals surface area contributed by atoms with Crippen molar-refractivity contribution in [1.29, 1.82) is 0 Å². The van der Waals surface area contributed by atoms with Gasteiger partial charge in [-0.15, -0.1) is 0 Å². The second kappa shape index (κ2) is 21.4. The van der Waals surface area contributed by atoms with Crippen LogP contribution in [-0.4, -0.2) is 59.0 Å². The summed E-state index contributed by atoms with van der Waals surface area (Å²) < 4.78 is 9.72. The Morgan fingerprint density at radius 1 is 0.740 bits per heavy atom. The number of nitrogens with one attached hydrogen (secondary N) is 2. The molecule has 0 radical (unpaired) electrons. The van der Waals surface area contributed by atoms with Crippen molar-refractivity contribution < 1.29 is 28.7 Å². The lowest BCUT2D eigenvalue weighted by atomic mass is 10.1. The van der Waals surface area contributed by atoms with Crippen LogP contribution < -0.4 is 16.4 Å². The molecular weight excluding hydrogens is 640 g/mol. The molecule has 4 rings (SSSR count). The molecule has 2 atom stereocenters. The van der Waals surface area contributed by atoms with E-state index in [1.54, 1.807) is 38.4 Å². The number of carbonyl (C=O) groups excluding carboxylic acids is 4. The Bertz CT molecular complexity index is 1770. The van der Waals surface area contributed by atoms with Crippen molar-refractivity contribution in [3.05, 3.63) is 83.5 Å². The van der Waals surface area contributed by atoms with Crippen LogP contribution in [0.25, 0.3) is 32.2 Å². The van der Waals surface area contributed by atoms with Crippen LogP contribution >= 0.6 is 0 Å². The molecule has 0 bridgehead atoms. The summed E-state index contributed by atoms with van der Waals surface area (Å²) >= 11 is 0. The van der Waals surface area contributed by atoms with Crippen LogP contribution in [-0.2, 0) is 28.7 Å². The number of anilines is 2. The van der Waals surface area contributed by atoms with E-state index < -0.39 is 18.0 Å². The van der Waals surface area contributed by atoms with Gasteiger partial charge < -0.3 is 25.8 Å². The molecule has 4 N–H and O–H groups in total. The molecule has 2 aromatic heterocycles. The van der Waals surface area contributed by atoms with E-state index in [-0.39, 0.29) is 24.3 Å². The van der Waals surface area contributed by atoms with E-state index in [9.17, 15) is 19.2 Å². The second-order valence-electron chi connectivity index (χ2n) is 11.2. The fourth-order valence-electron chi connectivity index (χ4n) is 4.99. The number of pyridine rings is 2. The third-order valence-corrected chi connectivity index (χ3v) is 7.48. The number of hydrogen-bond acceptors (Lipinski definition) is 10. The SMILES string of the molecule is CCOC(=O)CCCCC(N)C(=O)Nc1cccc2cccnc12.CCOC(=O)CCCCC(N=[N+]=[N-])C(=O)Nc1cccc2cccnc12. The average Bonchev–Trinajstić information content (AvgIpc) is 3.12. The number of hydrogen-bond donors (Lipinski definition) is 3. The molecule has 50 heavy (non-hydrogen) atoms. The summed E-state index contributed by atoms with van der Waals surface area (Å²) in [4.78, 5) is 58.6. The van der Waals surface area contributed by atoms with Crippen LogP contribution in [0.4, 0.5) is 11.4 Å². The summed E-state index contributed by atoms with van der Waals surface area (Å²) in [5.74, 6) is -1.11. The number of aromatic nitrogens is 2. The van der Waals surface area contributed by atoms with Crippen molar-refractivity contribution in [2.45, 2.75) is 77.3 Å². The Morgan fingerprint density at radius 3 is 1.72 bits per heavy atom. The maximum atomic E-state index is 12.5. The van der Waals surface area contributed by atoms with Crippen LogP contribution in [0.1, 0.15) is 65.2 Å². The zero-order valence-electron chi connectivity index (χ0n) is 28.4. The van der Waals surface area contributed by atoms with Crippen molar-refractivity contribution in [3.8, 4) is 0 Å². The maximum Gasteiger partial charge on any atom is 0.305 e. The first-order valence-corrected chi connectivity index (χ1v) is 16.7. The van der Waals surface area contributed by atoms with E-state index in [1.165, 1.54) is 0 Å². The van der Waals surface area contributed by atoms with Crippen LogP contribution in [0.3, 0.4) is 0 Å². The second-order valence-corrected chi connectivity index (χ2v) is 11.2. The first-order chi connectivity index (χ1) is 24.3. The highest BCUT2D eigenvalue weighted by molar-refractivity contribution is 6.03. The van der Waals surface area contributed by atoms with Gasteiger partial charge in [0.05, 0.1) is 41.7 Å². The zero-order valence-corrected chi connectivity index (χ0v) is 28.4. The minimum atomic E-state index is -0.846. The molecule has 264 valence electrons. The normalized spacial score (nSPS) is 11.7. The number of nitrogens with two attached hydrogens (primary N) is 1. The van der Waals surface area contributed by atoms with E-state index in [1.807, 2.05) is 48.5 Å². The molecule has 0 saturated carbocycles. The Labute approximate surface area is 290 Å². The Balaban J connectivity index is 0.000000271. The van der Waals surface area contributed by atoms with Gasteiger partial charge in [-0.1, -0.05) is 54.4 Å². The van der Waals surface area contributed by atoms with Gasteiger partial charge in [0.1, 0.15) is 6.04 Å². The number of benzene rings is 2. The minimum absolute atomic E-state index is 0.211. The molecule has 14 heteroatoms. The Kier molecular flexibility index (Phi) is 16.6. The number of fused-ring (bicyclic) bond motifs is 2. The van der Waals surface area contributed by atoms with Gasteiger partial charge in [0, 0.05) is 40.9 Å². The van der Waals surface area contributed by atoms with Crippen molar-refractivity contribution >= 4 is 56.9 Å². The smallest absolute Gasteiger partial charge is 0.305 e. The zero-order chi connectivity index (χ0) is 36.1. The van der Waals surface area contributed by atoms with Gasteiger partial charge in [0.25, 0.3) is 0 Å². The van der Waals surface area contributed by atoms with Gasteiger partial charge in [-0.05, 0) is 69.3 Å². The van der Waals surface area contributed by atoms with Gasteiger partial charge in [0.15, 0.2) is 0 Å². The summed E-state index contributed by atoms with van der Waals surface area (Å²) in [7, 11) is 0. The van der Waals surface area contributed by atoms with Crippen molar-refractivity contribution in [2.24, 2.45) is 10.8 Å². The first-order valence-electron chi connectivity index (χ1n) is 16.7. The predicted octanol–water partition coefficient (Wildman–Crippen LogP) is 6.60. The van der Waals surface area contributed by atoms with E-state index >= 15 is 0 Å². The average molecular weight is 685 g/mol. The van der Waals surface area contributed by atoms with Gasteiger partial charge >= 0.3 is 11.9 Å². The number of amides is 2. The molecule has 4 aromatic rings. The molecule has 14 nitrogen and oxygen atoms in total. The number of unbranched alkanes of at least 4 members (excludes halogenated alkanes) is 2. The highest BCUT2D eigenvalue weighted by atomic mass is 16.5. The number of azide groups is 1. The van der Waals surface area contributed by atoms with Crippen LogP contribution in [0.5, 0.6) is 0 Å². The Morgan fingerprint density at radius 2 is 1.22 bits per heavy atom. The molecule has 0 saturated heterocycles. The summed E-state index contributed by atoms with van der Waals surface area (Å²) in [6.07, 6.45) is 7.35. The topological polar surface area (TPSA) is 211 Å². The lowest BCUT2D eigenvalue weighted by Gasteiger charge is -2.13. The summed E-state index contributed by atoms with van der Waals surface area (Å²) in [6.45, 7) is 4.27. The molecule has 0 aliphatic heterocycles. The highest BCUT2D eigenvalue weighted by Gasteiger charge is 2.18. The van der Waals surface area contributed by atoms with Crippen molar-refractivity contribution in [3.63, 3.8) is 0 Å². The molecule has 0 aliphatic rings. The third kappa shape index (κ3) is 12.8. The number of para-hydroxylation sites is 2. The van der Waals surface area contributed by atoms with Gasteiger partial charge in [-0.25, -0.2) is 0 Å². The lowest BCUT2D eigenvalue weighted by molar-refractivity contribution is -0.144. The Hall–Kier alpha value is -5.59. The molecule has 0 aliphatic carbocycles. The molecule has 2 amide bonds. The number of nitrogens with zero attached hydrogens (tertiary/aromatic N) is 5. The third-order valence-electron chi connectivity index (χ3n) is 7.48. The van der Waals surface area contributed by atoms with E-state index in [2.05, 4.69) is 30.6 Å². The monoisotopic (exact) mass is 684 g/mol. The van der Waals surface area contributed by atoms with Crippen LogP contribution in [0.15, 0.2) is 78.2 Å². The summed E-state index contributed by atoms with van der Waals surface area (Å²) in [5.41, 5.74) is 17.3. The number of carbonyl (C=O) groups is 4. The van der Waals surface area contributed by atoms with E-state index in [0.717, 1.165) is 16.3 Å². The van der Waals surface area contributed by atoms with Gasteiger partial charge in [-0.2, -0.15) is 0 Å². The van der Waals surface area contributed by atoms with Gasteiger partial charge in [-0.3, -0.25) is 29.1 Å². The lowest BCUT2D eigenvalue weighted by Crippen LogP contribution is -2.35. The van der Waals surface area contributed by atoms with Crippen molar-refractivity contribution in [1.82, 2.24) is 9.97 Å². The quantitative estimate of drug-likeness (QED) is 0.0359. The minimum Gasteiger partial charge on any atom is -0.466 e. The fourth-order valence-corrected chi connectivity index (χ4v) is 4.99. The number of esters is 2. The van der Waals surface area contributed by atoms with Crippen LogP contribution in [0, 0.1) is 0 Å². The molecule has 0 fully saturated rings. The van der Waals surface area contributed by atoms with Crippen molar-refractivity contribution in [2.75, 3.05) is 23.8 Å². The van der Waals surface area contributed by atoms with E-state index in [0.29, 0.717) is 75.1 Å². The first kappa shape index (κ1) is 38.9. The molecule has 0 spiro atoms. The molecule has 2 aromatic carbocycles. The molecule has 2 unspecified atom stereocenters. The maximum absolute atomic E-state index is 12.5. The highest BCUT2D eigenvalue weighted by Crippen LogP contribution is 2.22. The standard InChI is InChI=1S/C18H21N5O3.C18H23N3O3/c1-2-26-16(24)11-4-3-9-15(22-23-19)18(25)21-14-10-5-7-13-8-6-12-20-17(13)14;1-2-24-16(22)11-4-3-9-14(19)18(23)21-15-10-5-7-13-8-6-12-20-17(13)15/h5-8,10,12,15H,2-4,9,11H2,1H3,(H,21,25);5-8,10,12,14H,2-4,9,11,19H2,1H3,(H,21,23). The fraction of sp³-hybridized carbons (Fsp3) is 0.389. The van der Waals surface area contributed by atoms with Gasteiger partial charge in [0.2, 0.25) is 11.8 Å². The van der Waals surface area contributed by atoms with E-state index in [4.69, 9.17) is 20.7 Å². The molecular formula is C36H44N8O6. The summed E-state index contributed by atoms with van der Waals surface area (Å²) in [6, 6.07) is 17.1. The summed E-state index contributed by atoms with van der Waals surface area (Å²) in [5, 5.41) is 11.1. The molecule has 2 heterocycles. The number of ether oxygens (including phenoxy) is 2. The number of rotatable bonds is 17. The predicted molar refractivity (Wildman–Crippen MR) is 192 cm³/mol. The van der Waals surface area contributed by atoms with Crippen LogP contribution in [0.2, 0.25) is 0 Å². The largest absolute Gasteiger partial charge is 0.466 e.